The van der Waals surface area contributed by atoms with Crippen LogP contribution in [0.3, 0.4) is 0 Å². The van der Waals surface area contributed by atoms with E-state index in [1.54, 1.807) is 0 Å². The summed E-state index contributed by atoms with van der Waals surface area (Å²) in [6.07, 6.45) is -0.177. The molecule has 0 amide bonds. The van der Waals surface area contributed by atoms with Crippen molar-refractivity contribution in [1.82, 2.24) is 0 Å². The number of aliphatic hydroxyl groups excluding tert-OH is 1. The van der Waals surface area contributed by atoms with Crippen molar-refractivity contribution in [1.29, 1.82) is 0 Å². The number of hydrogen-bond acceptors (Lipinski definition) is 3. The molecule has 1 heterocycles. The molecule has 1 saturated carbocycles. The fraction of sp³-hybridized carbons (Fsp3) is 0.714. The summed E-state index contributed by atoms with van der Waals surface area (Å²) in [4.78, 5) is 0. The summed E-state index contributed by atoms with van der Waals surface area (Å²) in [6.45, 7) is 9.61. The van der Waals surface area contributed by atoms with Crippen LogP contribution in [0.1, 0.15) is 46.5 Å². The number of alkyl halides is 3. The zero-order chi connectivity index (χ0) is 20.2. The molecular weight excluding hydrogens is 357 g/mol. The number of allylic oxidation sites excluding steroid dienone is 3. The fourth-order valence-electron chi connectivity index (χ4n) is 5.55. The van der Waals surface area contributed by atoms with Crippen LogP contribution in [0.15, 0.2) is 35.6 Å². The summed E-state index contributed by atoms with van der Waals surface area (Å²) in [6, 6.07) is 0. The monoisotopic (exact) mass is 386 g/mol. The van der Waals surface area contributed by atoms with E-state index in [9.17, 15) is 23.4 Å². The van der Waals surface area contributed by atoms with Crippen LogP contribution >= 0.6 is 0 Å². The van der Waals surface area contributed by atoms with E-state index in [2.05, 4.69) is 13.5 Å². The van der Waals surface area contributed by atoms with E-state index in [0.29, 0.717) is 30.6 Å². The molecule has 2 fully saturated rings. The van der Waals surface area contributed by atoms with Gasteiger partial charge in [0.15, 0.2) is 5.60 Å². The molecule has 2 aliphatic carbocycles. The maximum absolute atomic E-state index is 13.5. The largest absolute Gasteiger partial charge is 0.491 e. The van der Waals surface area contributed by atoms with Gasteiger partial charge in [-0.1, -0.05) is 38.2 Å². The smallest absolute Gasteiger partial charge is 0.417 e. The van der Waals surface area contributed by atoms with E-state index >= 15 is 0 Å². The third kappa shape index (κ3) is 3.15. The van der Waals surface area contributed by atoms with Gasteiger partial charge in [0.2, 0.25) is 0 Å². The zero-order valence-electron chi connectivity index (χ0n) is 16.1. The molecule has 0 aromatic heterocycles. The summed E-state index contributed by atoms with van der Waals surface area (Å²) >= 11 is 0. The van der Waals surface area contributed by atoms with Crippen molar-refractivity contribution in [3.63, 3.8) is 0 Å². The van der Waals surface area contributed by atoms with Gasteiger partial charge in [0, 0.05) is 5.57 Å². The summed E-state index contributed by atoms with van der Waals surface area (Å²) in [7, 11) is 0. The van der Waals surface area contributed by atoms with Crippen molar-refractivity contribution in [2.24, 2.45) is 23.2 Å². The minimum absolute atomic E-state index is 0.0598. The van der Waals surface area contributed by atoms with Crippen molar-refractivity contribution < 1.29 is 28.1 Å². The summed E-state index contributed by atoms with van der Waals surface area (Å²) in [5.74, 6) is -0.598. The molecule has 1 aliphatic heterocycles. The Labute approximate surface area is 158 Å². The van der Waals surface area contributed by atoms with E-state index in [1.165, 1.54) is 6.92 Å². The van der Waals surface area contributed by atoms with E-state index in [0.717, 1.165) is 5.57 Å². The van der Waals surface area contributed by atoms with Gasteiger partial charge in [-0.05, 0) is 55.8 Å². The van der Waals surface area contributed by atoms with Crippen molar-refractivity contribution in [2.45, 2.75) is 64.3 Å². The topological polar surface area (TPSA) is 49.7 Å². The lowest BCUT2D eigenvalue weighted by atomic mass is 9.49. The molecule has 1 saturated heterocycles. The molecule has 3 rings (SSSR count). The van der Waals surface area contributed by atoms with Crippen molar-refractivity contribution in [3.8, 4) is 0 Å². The fourth-order valence-corrected chi connectivity index (χ4v) is 5.55. The standard InChI is InChI=1S/C21H29F3O3/c1-12-5-7-17-13(2)20(26,21(22,23)24)10-9-19(17,4)16(12)8-6-15-14(3)27-11-18(15)25/h5-6,13,16-18,25-26H,3,7-11H2,1-2,4H3/b15-6-/t13-,16-,17-,18-,19+,20-/m1/s1. The lowest BCUT2D eigenvalue weighted by molar-refractivity contribution is -0.304. The summed E-state index contributed by atoms with van der Waals surface area (Å²) < 4.78 is 45.9. The van der Waals surface area contributed by atoms with Crippen LogP contribution in [0, 0.1) is 23.2 Å². The molecule has 6 heteroatoms. The van der Waals surface area contributed by atoms with Gasteiger partial charge in [0.1, 0.15) is 18.5 Å². The normalized spacial score (nSPS) is 44.1. The van der Waals surface area contributed by atoms with E-state index in [1.807, 2.05) is 19.1 Å². The van der Waals surface area contributed by atoms with Crippen LogP contribution in [0.5, 0.6) is 0 Å². The second kappa shape index (κ2) is 6.66. The van der Waals surface area contributed by atoms with Gasteiger partial charge in [-0.25, -0.2) is 0 Å². The number of aliphatic hydroxyl groups is 2. The first-order valence-electron chi connectivity index (χ1n) is 9.57. The molecule has 0 aromatic rings. The number of hydrogen-bond donors (Lipinski definition) is 2. The molecule has 0 aromatic carbocycles. The highest BCUT2D eigenvalue weighted by Crippen LogP contribution is 2.61. The van der Waals surface area contributed by atoms with Crippen LogP contribution in [-0.2, 0) is 4.74 Å². The Morgan fingerprint density at radius 1 is 1.37 bits per heavy atom. The molecule has 0 bridgehead atoms. The average molecular weight is 386 g/mol. The lowest BCUT2D eigenvalue weighted by Crippen LogP contribution is -2.60. The van der Waals surface area contributed by atoms with Crippen molar-refractivity contribution in [3.05, 3.63) is 35.6 Å². The van der Waals surface area contributed by atoms with Gasteiger partial charge in [-0.3, -0.25) is 0 Å². The van der Waals surface area contributed by atoms with Crippen molar-refractivity contribution >= 4 is 0 Å². The van der Waals surface area contributed by atoms with Gasteiger partial charge in [0.05, 0.1) is 0 Å². The summed E-state index contributed by atoms with van der Waals surface area (Å²) in [5.41, 5.74) is -1.12. The minimum atomic E-state index is -4.62. The molecule has 3 aliphatic rings. The van der Waals surface area contributed by atoms with Gasteiger partial charge in [0.25, 0.3) is 0 Å². The third-order valence-electron chi connectivity index (χ3n) is 7.45. The lowest BCUT2D eigenvalue weighted by Gasteiger charge is -2.57. The number of ether oxygens (including phenoxy) is 1. The molecule has 0 radical (unpaired) electrons. The second-order valence-electron chi connectivity index (χ2n) is 8.70. The Morgan fingerprint density at radius 3 is 2.59 bits per heavy atom. The van der Waals surface area contributed by atoms with Crippen LogP contribution in [0.25, 0.3) is 0 Å². The highest BCUT2D eigenvalue weighted by Gasteiger charge is 2.64. The molecule has 2 N–H and O–H groups in total. The number of halogens is 3. The minimum Gasteiger partial charge on any atom is -0.491 e. The predicted molar refractivity (Wildman–Crippen MR) is 96.7 cm³/mol. The molecule has 0 spiro atoms. The quantitative estimate of drug-likeness (QED) is 0.686. The molecule has 6 atom stereocenters. The van der Waals surface area contributed by atoms with Crippen LogP contribution in [0.4, 0.5) is 13.2 Å². The first-order valence-corrected chi connectivity index (χ1v) is 9.57. The van der Waals surface area contributed by atoms with Gasteiger partial charge >= 0.3 is 6.18 Å². The Kier molecular flexibility index (Phi) is 5.05. The molecule has 152 valence electrons. The van der Waals surface area contributed by atoms with E-state index < -0.39 is 23.8 Å². The van der Waals surface area contributed by atoms with E-state index in [4.69, 9.17) is 4.74 Å². The number of fused-ring (bicyclic) bond motifs is 1. The van der Waals surface area contributed by atoms with Crippen molar-refractivity contribution in [2.75, 3.05) is 6.61 Å². The Morgan fingerprint density at radius 2 is 2.04 bits per heavy atom. The highest BCUT2D eigenvalue weighted by atomic mass is 19.4. The molecule has 3 nitrogen and oxygen atoms in total. The average Bonchev–Trinajstić information content (AvgIpc) is 2.89. The first-order chi connectivity index (χ1) is 12.4. The number of rotatable bonds is 2. The second-order valence-corrected chi connectivity index (χ2v) is 8.70. The molecular formula is C21H29F3O3. The van der Waals surface area contributed by atoms with Crippen LogP contribution in [-0.4, -0.2) is 34.7 Å². The Balaban J connectivity index is 1.89. The third-order valence-corrected chi connectivity index (χ3v) is 7.45. The Bertz CT molecular complexity index is 681. The zero-order valence-corrected chi connectivity index (χ0v) is 16.1. The van der Waals surface area contributed by atoms with Gasteiger partial charge < -0.3 is 14.9 Å². The van der Waals surface area contributed by atoms with Gasteiger partial charge in [-0.15, -0.1) is 0 Å². The molecule has 27 heavy (non-hydrogen) atoms. The Hall–Kier alpha value is -1.27. The van der Waals surface area contributed by atoms with Crippen LogP contribution < -0.4 is 0 Å². The first kappa shape index (κ1) is 20.5. The SMILES string of the molecule is C=C1OC[C@@H](O)/C1=C\C[C@@H]1C(C)=CC[C@@H]2[C@@H](C)[C@@](O)(C(F)(F)F)CC[C@@]12C. The molecule has 0 unspecified atom stereocenters. The van der Waals surface area contributed by atoms with E-state index in [-0.39, 0.29) is 30.3 Å². The highest BCUT2D eigenvalue weighted by molar-refractivity contribution is 5.32. The van der Waals surface area contributed by atoms with Crippen LogP contribution in [0.2, 0.25) is 0 Å². The summed E-state index contributed by atoms with van der Waals surface area (Å²) in [5, 5.41) is 20.5. The maximum Gasteiger partial charge on any atom is 0.417 e. The predicted octanol–water partition coefficient (Wildman–Crippen LogP) is 4.52. The van der Waals surface area contributed by atoms with Gasteiger partial charge in [-0.2, -0.15) is 13.2 Å². The maximum atomic E-state index is 13.5.